The van der Waals surface area contributed by atoms with E-state index in [9.17, 15) is 14.3 Å². The monoisotopic (exact) mass is 731 g/mol. The first-order valence-electron chi connectivity index (χ1n) is 20.6. The largest absolute Gasteiger partial charge is 0.472 e. The Kier molecular flexibility index (Phi) is 34.3. The molecule has 0 amide bonds. The van der Waals surface area contributed by atoms with E-state index >= 15 is 0 Å². The SMILES string of the molecule is CCCCCCC/C=C\C/C=C\CCCCCCCCCCCC(=O)OC(COCCCCCCCCC)COP(=O)(O)OCC[N+](C)(C)C. The lowest BCUT2D eigenvalue weighted by Gasteiger charge is -2.24. The minimum absolute atomic E-state index is 0.0890. The summed E-state index contributed by atoms with van der Waals surface area (Å²) in [7, 11) is 1.67. The molecule has 0 aliphatic rings. The van der Waals surface area contributed by atoms with E-state index in [1.807, 2.05) is 21.1 Å². The number of carbonyl (C=O) groups is 1. The molecule has 0 rings (SSSR count). The Bertz CT molecular complexity index is 858. The van der Waals surface area contributed by atoms with Crippen LogP contribution in [0.15, 0.2) is 24.3 Å². The molecule has 0 aromatic carbocycles. The molecule has 0 aliphatic carbocycles. The zero-order chi connectivity index (χ0) is 37.0. The summed E-state index contributed by atoms with van der Waals surface area (Å²) in [6.45, 7) is 5.58. The number of allylic oxidation sites excluding steroid dienone is 4. The Hall–Kier alpha value is -1.02. The normalized spacial score (nSPS) is 14.1. The summed E-state index contributed by atoms with van der Waals surface area (Å²) in [4.78, 5) is 22.7. The highest BCUT2D eigenvalue weighted by Gasteiger charge is 2.26. The Morgan fingerprint density at radius 1 is 0.620 bits per heavy atom. The van der Waals surface area contributed by atoms with Crippen molar-refractivity contribution in [2.75, 3.05) is 54.1 Å². The lowest BCUT2D eigenvalue weighted by Crippen LogP contribution is -2.37. The van der Waals surface area contributed by atoms with Gasteiger partial charge in [0, 0.05) is 13.0 Å². The number of phosphoric ester groups is 1. The minimum Gasteiger partial charge on any atom is -0.457 e. The maximum absolute atomic E-state index is 12.6. The molecule has 8 nitrogen and oxygen atoms in total. The number of unbranched alkanes of at least 4 members (excludes halogenated alkanes) is 20. The van der Waals surface area contributed by atoms with Gasteiger partial charge in [0.05, 0.1) is 34.4 Å². The molecular formula is C41H81NO7P+. The smallest absolute Gasteiger partial charge is 0.457 e. The summed E-state index contributed by atoms with van der Waals surface area (Å²) in [6, 6.07) is 0. The molecule has 0 saturated heterocycles. The lowest BCUT2D eigenvalue weighted by atomic mass is 10.1. The highest BCUT2D eigenvalue weighted by Crippen LogP contribution is 2.43. The van der Waals surface area contributed by atoms with Crippen LogP contribution in [0.2, 0.25) is 0 Å². The number of ether oxygens (including phenoxy) is 2. The summed E-state index contributed by atoms with van der Waals surface area (Å²) >= 11 is 0. The van der Waals surface area contributed by atoms with E-state index in [-0.39, 0.29) is 25.8 Å². The van der Waals surface area contributed by atoms with Crippen molar-refractivity contribution in [2.45, 2.75) is 180 Å². The van der Waals surface area contributed by atoms with E-state index in [0.29, 0.717) is 24.1 Å². The number of nitrogens with zero attached hydrogens (tertiary/aromatic N) is 1. The molecule has 0 bridgehead atoms. The molecule has 0 radical (unpaired) electrons. The summed E-state index contributed by atoms with van der Waals surface area (Å²) in [5, 5.41) is 0. The number of phosphoric acid groups is 1. The first-order chi connectivity index (χ1) is 24.1. The van der Waals surface area contributed by atoms with Crippen molar-refractivity contribution in [3.63, 3.8) is 0 Å². The van der Waals surface area contributed by atoms with Crippen molar-refractivity contribution in [3.05, 3.63) is 24.3 Å². The van der Waals surface area contributed by atoms with Crippen LogP contribution in [0.1, 0.15) is 174 Å². The fraction of sp³-hybridized carbons (Fsp3) is 0.878. The molecule has 0 fully saturated rings. The second-order valence-electron chi connectivity index (χ2n) is 15.0. The third kappa shape index (κ3) is 38.2. The van der Waals surface area contributed by atoms with Crippen LogP contribution in [0.3, 0.4) is 0 Å². The van der Waals surface area contributed by atoms with E-state index < -0.39 is 13.9 Å². The maximum atomic E-state index is 12.6. The summed E-state index contributed by atoms with van der Waals surface area (Å²) in [6.07, 6.45) is 37.9. The van der Waals surface area contributed by atoms with Gasteiger partial charge in [0.1, 0.15) is 19.3 Å². The Morgan fingerprint density at radius 2 is 1.10 bits per heavy atom. The van der Waals surface area contributed by atoms with E-state index in [0.717, 1.165) is 38.5 Å². The average Bonchev–Trinajstić information content (AvgIpc) is 3.06. The summed E-state index contributed by atoms with van der Waals surface area (Å²) < 4.78 is 34.8. The van der Waals surface area contributed by atoms with Crippen LogP contribution in [0.4, 0.5) is 0 Å². The van der Waals surface area contributed by atoms with Crippen molar-refractivity contribution in [2.24, 2.45) is 0 Å². The molecule has 1 N–H and O–H groups in total. The van der Waals surface area contributed by atoms with Crippen molar-refractivity contribution >= 4 is 13.8 Å². The predicted molar refractivity (Wildman–Crippen MR) is 210 cm³/mol. The number of esters is 1. The second-order valence-corrected chi connectivity index (χ2v) is 16.5. The quantitative estimate of drug-likeness (QED) is 0.0222. The van der Waals surface area contributed by atoms with Gasteiger partial charge in [-0.2, -0.15) is 0 Å². The molecule has 0 aromatic heterocycles. The Labute approximate surface area is 309 Å². The fourth-order valence-electron chi connectivity index (χ4n) is 5.52. The molecule has 9 heteroatoms. The maximum Gasteiger partial charge on any atom is 0.472 e. The molecule has 0 spiro atoms. The van der Waals surface area contributed by atoms with Crippen LogP contribution >= 0.6 is 7.82 Å². The van der Waals surface area contributed by atoms with Crippen LogP contribution in [0, 0.1) is 0 Å². The number of hydrogen-bond donors (Lipinski definition) is 1. The zero-order valence-electron chi connectivity index (χ0n) is 33.4. The number of likely N-dealkylation sites (N-methyl/N-ethyl adjacent to an activating group) is 1. The Morgan fingerprint density at radius 3 is 1.62 bits per heavy atom. The van der Waals surface area contributed by atoms with Crippen LogP contribution in [0.25, 0.3) is 0 Å². The van der Waals surface area contributed by atoms with Gasteiger partial charge in [-0.3, -0.25) is 13.8 Å². The van der Waals surface area contributed by atoms with Gasteiger partial charge in [-0.25, -0.2) is 4.57 Å². The van der Waals surface area contributed by atoms with E-state index in [1.54, 1.807) is 0 Å². The third-order valence-electron chi connectivity index (χ3n) is 8.77. The van der Waals surface area contributed by atoms with Gasteiger partial charge in [0.25, 0.3) is 0 Å². The zero-order valence-corrected chi connectivity index (χ0v) is 34.3. The van der Waals surface area contributed by atoms with Crippen molar-refractivity contribution in [1.82, 2.24) is 0 Å². The number of hydrogen-bond acceptors (Lipinski definition) is 6. The van der Waals surface area contributed by atoms with Gasteiger partial charge >= 0.3 is 13.8 Å². The van der Waals surface area contributed by atoms with Gasteiger partial charge < -0.3 is 18.9 Å². The molecule has 2 unspecified atom stereocenters. The topological polar surface area (TPSA) is 91.3 Å². The summed E-state index contributed by atoms with van der Waals surface area (Å²) in [5.41, 5.74) is 0. The van der Waals surface area contributed by atoms with Crippen LogP contribution < -0.4 is 0 Å². The van der Waals surface area contributed by atoms with E-state index in [2.05, 4.69) is 38.2 Å². The summed E-state index contributed by atoms with van der Waals surface area (Å²) in [5.74, 6) is -0.320. The molecule has 0 saturated carbocycles. The van der Waals surface area contributed by atoms with E-state index in [4.69, 9.17) is 18.5 Å². The van der Waals surface area contributed by atoms with Gasteiger partial charge in [-0.1, -0.05) is 147 Å². The third-order valence-corrected chi connectivity index (χ3v) is 9.75. The van der Waals surface area contributed by atoms with Crippen LogP contribution in [-0.4, -0.2) is 75.6 Å². The van der Waals surface area contributed by atoms with Gasteiger partial charge in [0.2, 0.25) is 0 Å². The predicted octanol–water partition coefficient (Wildman–Crippen LogP) is 11.7. The molecule has 0 heterocycles. The number of carbonyl (C=O) groups excluding carboxylic acids is 1. The molecule has 2 atom stereocenters. The molecular weight excluding hydrogens is 649 g/mol. The molecule has 0 aliphatic heterocycles. The highest BCUT2D eigenvalue weighted by atomic mass is 31.2. The van der Waals surface area contributed by atoms with Crippen molar-refractivity contribution in [3.8, 4) is 0 Å². The van der Waals surface area contributed by atoms with Crippen LogP contribution in [0.5, 0.6) is 0 Å². The fourth-order valence-corrected chi connectivity index (χ4v) is 6.26. The number of quaternary nitrogens is 1. The van der Waals surface area contributed by atoms with Gasteiger partial charge in [-0.05, 0) is 44.9 Å². The second kappa shape index (κ2) is 35.0. The Balaban J connectivity index is 4.10. The van der Waals surface area contributed by atoms with E-state index in [1.165, 1.54) is 116 Å². The number of rotatable bonds is 38. The van der Waals surface area contributed by atoms with Crippen molar-refractivity contribution in [1.29, 1.82) is 0 Å². The minimum atomic E-state index is -4.26. The first kappa shape index (κ1) is 49.0. The molecule has 50 heavy (non-hydrogen) atoms. The standard InChI is InChI=1S/C41H80NO7P/c1-6-8-10-12-14-15-16-17-18-19-20-21-22-23-24-25-26-27-28-30-32-34-41(43)49-40(38-46-36-33-31-29-13-11-9-7-2)39-48-50(44,45)47-37-35-42(3,4)5/h16-17,19-20,40H,6-15,18,21-39H2,1-5H3/p+1/b17-16-,20-19-. The van der Waals surface area contributed by atoms with Crippen LogP contribution in [-0.2, 0) is 27.9 Å². The highest BCUT2D eigenvalue weighted by molar-refractivity contribution is 7.47. The molecule has 0 aromatic rings. The van der Waals surface area contributed by atoms with Gasteiger partial charge in [0.15, 0.2) is 0 Å². The van der Waals surface area contributed by atoms with Gasteiger partial charge in [-0.15, -0.1) is 0 Å². The van der Waals surface area contributed by atoms with Crippen molar-refractivity contribution < 1.29 is 37.3 Å². The first-order valence-corrected chi connectivity index (χ1v) is 22.1. The lowest BCUT2D eigenvalue weighted by molar-refractivity contribution is -0.870. The average molecular weight is 731 g/mol. The molecule has 296 valence electrons.